The Labute approximate surface area is 162 Å². The largest absolute Gasteiger partial charge is 0.334 e. The Bertz CT molecular complexity index is 898. The van der Waals surface area contributed by atoms with E-state index < -0.39 is 0 Å². The molecule has 1 heterocycles. The number of halogens is 1. The van der Waals surface area contributed by atoms with Crippen LogP contribution in [0.15, 0.2) is 42.5 Å². The summed E-state index contributed by atoms with van der Waals surface area (Å²) >= 11 is 6.06. The van der Waals surface area contributed by atoms with Gasteiger partial charge in [0.25, 0.3) is 0 Å². The van der Waals surface area contributed by atoms with Gasteiger partial charge in [-0.05, 0) is 42.2 Å². The smallest absolute Gasteiger partial charge is 0.319 e. The predicted molar refractivity (Wildman–Crippen MR) is 104 cm³/mol. The van der Waals surface area contributed by atoms with Crippen LogP contribution in [0.2, 0.25) is 5.02 Å². The molecule has 0 aromatic heterocycles. The highest BCUT2D eigenvalue weighted by Gasteiger charge is 2.27. The summed E-state index contributed by atoms with van der Waals surface area (Å²) in [6.45, 7) is 2.20. The molecule has 0 radical (unpaired) electrons. The lowest BCUT2D eigenvalue weighted by Crippen LogP contribution is -2.39. The summed E-state index contributed by atoms with van der Waals surface area (Å²) in [4.78, 5) is 35.4. The van der Waals surface area contributed by atoms with Gasteiger partial charge in [0.05, 0.1) is 5.92 Å². The summed E-state index contributed by atoms with van der Waals surface area (Å²) in [5.74, 6) is -0.849. The van der Waals surface area contributed by atoms with Gasteiger partial charge in [-0.1, -0.05) is 41.9 Å². The monoisotopic (exact) mass is 385 g/mol. The third kappa shape index (κ3) is 4.86. The Hall–Kier alpha value is -2.86. The summed E-state index contributed by atoms with van der Waals surface area (Å²) in [5.41, 5.74) is 3.26. The van der Waals surface area contributed by atoms with Crippen molar-refractivity contribution in [3.05, 3.63) is 64.2 Å². The van der Waals surface area contributed by atoms with Crippen LogP contribution < -0.4 is 16.0 Å². The topological polar surface area (TPSA) is 87.3 Å². The number of nitrogens with one attached hydrogen (secondary N) is 3. The zero-order valence-electron chi connectivity index (χ0n) is 14.8. The molecule has 0 saturated carbocycles. The van der Waals surface area contributed by atoms with Gasteiger partial charge >= 0.3 is 6.03 Å². The van der Waals surface area contributed by atoms with Crippen molar-refractivity contribution in [2.24, 2.45) is 0 Å². The zero-order valence-corrected chi connectivity index (χ0v) is 15.6. The van der Waals surface area contributed by atoms with Crippen molar-refractivity contribution in [2.45, 2.75) is 32.2 Å². The fourth-order valence-electron chi connectivity index (χ4n) is 2.96. The van der Waals surface area contributed by atoms with E-state index in [0.717, 1.165) is 16.7 Å². The molecule has 2 aromatic rings. The first-order valence-electron chi connectivity index (χ1n) is 8.66. The number of imide groups is 1. The van der Waals surface area contributed by atoms with Gasteiger partial charge in [-0.25, -0.2) is 4.79 Å². The number of benzene rings is 2. The van der Waals surface area contributed by atoms with Crippen LogP contribution in [0.1, 0.15) is 35.4 Å². The minimum Gasteiger partial charge on any atom is -0.334 e. The van der Waals surface area contributed by atoms with Crippen molar-refractivity contribution in [1.82, 2.24) is 10.6 Å². The van der Waals surface area contributed by atoms with Gasteiger partial charge < -0.3 is 10.6 Å². The number of aryl methyl sites for hydroxylation is 1. The molecule has 3 N–H and O–H groups in total. The quantitative estimate of drug-likeness (QED) is 0.704. The maximum Gasteiger partial charge on any atom is 0.319 e. The summed E-state index contributed by atoms with van der Waals surface area (Å²) in [6, 6.07) is 12.4. The van der Waals surface area contributed by atoms with E-state index in [-0.39, 0.29) is 23.8 Å². The molecular formula is C20H20ClN3O3. The lowest BCUT2D eigenvalue weighted by molar-refractivity contribution is -0.134. The average molecular weight is 386 g/mol. The molecule has 4 amide bonds. The summed E-state index contributed by atoms with van der Waals surface area (Å²) in [5, 5.41) is 8.47. The second-order valence-corrected chi connectivity index (χ2v) is 6.93. The molecule has 0 bridgehead atoms. The van der Waals surface area contributed by atoms with E-state index in [1.54, 1.807) is 12.1 Å². The molecular weight excluding hydrogens is 366 g/mol. The van der Waals surface area contributed by atoms with Crippen molar-refractivity contribution >= 4 is 35.1 Å². The molecule has 7 heteroatoms. The number of carbonyl (C=O) groups excluding carboxylic acids is 3. The van der Waals surface area contributed by atoms with Crippen molar-refractivity contribution in [3.63, 3.8) is 0 Å². The van der Waals surface area contributed by atoms with Crippen LogP contribution in [0.4, 0.5) is 10.5 Å². The van der Waals surface area contributed by atoms with Gasteiger partial charge in [0.1, 0.15) is 0 Å². The van der Waals surface area contributed by atoms with E-state index in [0.29, 0.717) is 30.1 Å². The summed E-state index contributed by atoms with van der Waals surface area (Å²) in [7, 11) is 0. The van der Waals surface area contributed by atoms with Crippen LogP contribution in [0, 0.1) is 6.92 Å². The fourth-order valence-corrected chi connectivity index (χ4v) is 3.14. The minimum absolute atomic E-state index is 0.234. The fraction of sp³-hybridized carbons (Fsp3) is 0.250. The van der Waals surface area contributed by atoms with Gasteiger partial charge in [-0.2, -0.15) is 0 Å². The Morgan fingerprint density at radius 1 is 1.22 bits per heavy atom. The molecule has 0 aliphatic carbocycles. The van der Waals surface area contributed by atoms with E-state index in [1.807, 2.05) is 37.3 Å². The van der Waals surface area contributed by atoms with E-state index in [2.05, 4.69) is 16.0 Å². The molecule has 3 rings (SSSR count). The SMILES string of the molecule is Cc1ccc(NC(=O)NCc2cccc(C3CCC(=O)NC3=O)c2)cc1Cl. The highest BCUT2D eigenvalue weighted by Crippen LogP contribution is 2.25. The van der Waals surface area contributed by atoms with Gasteiger partial charge in [0.15, 0.2) is 0 Å². The Morgan fingerprint density at radius 2 is 2.04 bits per heavy atom. The summed E-state index contributed by atoms with van der Waals surface area (Å²) < 4.78 is 0. The highest BCUT2D eigenvalue weighted by atomic mass is 35.5. The number of carbonyl (C=O) groups is 3. The van der Waals surface area contributed by atoms with Crippen LogP contribution >= 0.6 is 11.6 Å². The van der Waals surface area contributed by atoms with E-state index >= 15 is 0 Å². The van der Waals surface area contributed by atoms with Crippen LogP contribution in [0.5, 0.6) is 0 Å². The highest BCUT2D eigenvalue weighted by molar-refractivity contribution is 6.31. The molecule has 140 valence electrons. The second-order valence-electron chi connectivity index (χ2n) is 6.52. The van der Waals surface area contributed by atoms with Crippen LogP contribution in [-0.4, -0.2) is 17.8 Å². The minimum atomic E-state index is -0.346. The maximum absolute atomic E-state index is 12.1. The normalized spacial score (nSPS) is 16.6. The number of piperidine rings is 1. The molecule has 1 saturated heterocycles. The Kier molecular flexibility index (Phi) is 5.76. The Balaban J connectivity index is 1.59. The molecule has 1 unspecified atom stereocenters. The molecule has 1 fully saturated rings. The molecule has 1 aliphatic rings. The van der Waals surface area contributed by atoms with Crippen LogP contribution in [0.25, 0.3) is 0 Å². The molecule has 1 aliphatic heterocycles. The van der Waals surface area contributed by atoms with E-state index in [1.165, 1.54) is 0 Å². The first kappa shape index (κ1) is 18.9. The average Bonchev–Trinajstić information content (AvgIpc) is 2.63. The number of urea groups is 1. The number of amides is 4. The molecule has 1 atom stereocenters. The molecule has 2 aromatic carbocycles. The third-order valence-electron chi connectivity index (χ3n) is 4.48. The number of hydrogen-bond acceptors (Lipinski definition) is 3. The van der Waals surface area contributed by atoms with Crippen molar-refractivity contribution in [3.8, 4) is 0 Å². The van der Waals surface area contributed by atoms with Gasteiger partial charge in [-0.3, -0.25) is 14.9 Å². The second kappa shape index (κ2) is 8.22. The van der Waals surface area contributed by atoms with Gasteiger partial charge in [0.2, 0.25) is 11.8 Å². The summed E-state index contributed by atoms with van der Waals surface area (Å²) in [6.07, 6.45) is 0.830. The first-order chi connectivity index (χ1) is 12.9. The van der Waals surface area contributed by atoms with E-state index in [4.69, 9.17) is 11.6 Å². The third-order valence-corrected chi connectivity index (χ3v) is 4.88. The van der Waals surface area contributed by atoms with Crippen molar-refractivity contribution in [1.29, 1.82) is 0 Å². The van der Waals surface area contributed by atoms with Crippen LogP contribution in [-0.2, 0) is 16.1 Å². The van der Waals surface area contributed by atoms with Gasteiger partial charge in [-0.15, -0.1) is 0 Å². The lowest BCUT2D eigenvalue weighted by atomic mass is 9.89. The van der Waals surface area contributed by atoms with Crippen molar-refractivity contribution in [2.75, 3.05) is 5.32 Å². The molecule has 27 heavy (non-hydrogen) atoms. The molecule has 0 spiro atoms. The van der Waals surface area contributed by atoms with E-state index in [9.17, 15) is 14.4 Å². The first-order valence-corrected chi connectivity index (χ1v) is 9.03. The lowest BCUT2D eigenvalue weighted by Gasteiger charge is -2.21. The number of hydrogen-bond donors (Lipinski definition) is 3. The standard InChI is InChI=1S/C20H20ClN3O3/c1-12-5-6-15(10-17(12)21)23-20(27)22-11-13-3-2-4-14(9-13)16-7-8-18(25)24-19(16)26/h2-6,9-10,16H,7-8,11H2,1H3,(H2,22,23,27)(H,24,25,26). The number of rotatable bonds is 4. The van der Waals surface area contributed by atoms with Gasteiger partial charge in [0, 0.05) is 23.7 Å². The predicted octanol–water partition coefficient (Wildman–Crippen LogP) is 3.49. The molecule has 6 nitrogen and oxygen atoms in total. The number of anilines is 1. The maximum atomic E-state index is 12.1. The zero-order chi connectivity index (χ0) is 19.4. The Morgan fingerprint density at radius 3 is 2.78 bits per heavy atom. The van der Waals surface area contributed by atoms with Crippen LogP contribution in [0.3, 0.4) is 0 Å². The van der Waals surface area contributed by atoms with Crippen molar-refractivity contribution < 1.29 is 14.4 Å².